The average molecular weight is 291 g/mol. The van der Waals surface area contributed by atoms with Crippen molar-refractivity contribution in [2.24, 2.45) is 0 Å². The van der Waals surface area contributed by atoms with Gasteiger partial charge in [-0.2, -0.15) is 5.10 Å². The van der Waals surface area contributed by atoms with E-state index in [2.05, 4.69) is 34.1 Å². The van der Waals surface area contributed by atoms with E-state index < -0.39 is 0 Å². The molecule has 1 unspecified atom stereocenters. The van der Waals surface area contributed by atoms with Crippen LogP contribution in [0.1, 0.15) is 58.2 Å². The highest BCUT2D eigenvalue weighted by molar-refractivity contribution is 4.98. The first-order valence-electron chi connectivity index (χ1n) is 8.58. The lowest BCUT2D eigenvalue weighted by Crippen LogP contribution is -2.53. The van der Waals surface area contributed by atoms with E-state index in [-0.39, 0.29) is 0 Å². The molecule has 1 atom stereocenters. The zero-order valence-corrected chi connectivity index (χ0v) is 13.5. The van der Waals surface area contributed by atoms with E-state index in [9.17, 15) is 0 Å². The Labute approximate surface area is 128 Å². The van der Waals surface area contributed by atoms with Crippen LogP contribution in [0.5, 0.6) is 0 Å². The van der Waals surface area contributed by atoms with Crippen LogP contribution < -0.4 is 5.32 Å². The van der Waals surface area contributed by atoms with Gasteiger partial charge in [-0.15, -0.1) is 0 Å². The van der Waals surface area contributed by atoms with Crippen molar-refractivity contribution in [3.05, 3.63) is 12.2 Å². The molecule has 0 bridgehead atoms. The van der Waals surface area contributed by atoms with Gasteiger partial charge in [0, 0.05) is 24.7 Å². The molecule has 3 rings (SSSR count). The maximum atomic E-state index is 4.47. The Kier molecular flexibility index (Phi) is 4.60. The first-order chi connectivity index (χ1) is 10.2. The molecule has 0 aromatic carbocycles. The van der Waals surface area contributed by atoms with Crippen molar-refractivity contribution in [1.82, 2.24) is 25.0 Å². The summed E-state index contributed by atoms with van der Waals surface area (Å²) in [6.45, 7) is 8.63. The molecule has 1 saturated carbocycles. The van der Waals surface area contributed by atoms with Gasteiger partial charge in [-0.05, 0) is 39.7 Å². The second-order valence-electron chi connectivity index (χ2n) is 6.80. The van der Waals surface area contributed by atoms with Crippen LogP contribution in [0.25, 0.3) is 0 Å². The SMILES string of the molecule is CCn1ncnc1CN1CC2(CCCCC2)NCCC1C. The third kappa shape index (κ3) is 3.29. The summed E-state index contributed by atoms with van der Waals surface area (Å²) in [5.74, 6) is 1.11. The van der Waals surface area contributed by atoms with Crippen molar-refractivity contribution < 1.29 is 0 Å². The molecule has 1 aliphatic heterocycles. The number of aryl methyl sites for hydroxylation is 1. The highest BCUT2D eigenvalue weighted by Gasteiger charge is 2.37. The van der Waals surface area contributed by atoms with Gasteiger partial charge in [-0.3, -0.25) is 4.90 Å². The molecule has 2 heterocycles. The first-order valence-corrected chi connectivity index (χ1v) is 8.58. The molecule has 21 heavy (non-hydrogen) atoms. The predicted octanol–water partition coefficient (Wildman–Crippen LogP) is 2.18. The van der Waals surface area contributed by atoms with Crippen LogP contribution in [0, 0.1) is 0 Å². The molecule has 1 aliphatic carbocycles. The largest absolute Gasteiger partial charge is 0.310 e. The number of hydrogen-bond donors (Lipinski definition) is 1. The second-order valence-corrected chi connectivity index (χ2v) is 6.80. The quantitative estimate of drug-likeness (QED) is 0.927. The normalized spacial score (nSPS) is 26.9. The molecule has 2 fully saturated rings. The number of aromatic nitrogens is 3. The molecule has 1 spiro atoms. The number of rotatable bonds is 3. The molecule has 1 aromatic rings. The lowest BCUT2D eigenvalue weighted by molar-refractivity contribution is 0.127. The summed E-state index contributed by atoms with van der Waals surface area (Å²) in [6.07, 6.45) is 9.73. The van der Waals surface area contributed by atoms with E-state index in [0.29, 0.717) is 11.6 Å². The van der Waals surface area contributed by atoms with Crippen LogP contribution >= 0.6 is 0 Å². The Morgan fingerprint density at radius 3 is 2.90 bits per heavy atom. The molecule has 5 heteroatoms. The zero-order chi connectivity index (χ0) is 14.7. The summed E-state index contributed by atoms with van der Waals surface area (Å²) in [5, 5.41) is 8.20. The highest BCUT2D eigenvalue weighted by Crippen LogP contribution is 2.31. The van der Waals surface area contributed by atoms with E-state index in [1.54, 1.807) is 6.33 Å². The third-order valence-electron chi connectivity index (χ3n) is 5.34. The van der Waals surface area contributed by atoms with Crippen molar-refractivity contribution in [2.45, 2.75) is 77.0 Å². The van der Waals surface area contributed by atoms with Crippen LogP contribution in [0.3, 0.4) is 0 Å². The van der Waals surface area contributed by atoms with Crippen LogP contribution in [0.4, 0.5) is 0 Å². The fourth-order valence-corrected chi connectivity index (χ4v) is 3.96. The summed E-state index contributed by atoms with van der Waals surface area (Å²) in [6, 6.07) is 0.612. The zero-order valence-electron chi connectivity index (χ0n) is 13.5. The fourth-order valence-electron chi connectivity index (χ4n) is 3.96. The molecular formula is C16H29N5. The fraction of sp³-hybridized carbons (Fsp3) is 0.875. The Bertz CT molecular complexity index is 449. The number of hydrogen-bond acceptors (Lipinski definition) is 4. The van der Waals surface area contributed by atoms with Crippen molar-refractivity contribution in [3.63, 3.8) is 0 Å². The van der Waals surface area contributed by atoms with Crippen molar-refractivity contribution in [1.29, 1.82) is 0 Å². The van der Waals surface area contributed by atoms with Crippen LogP contribution in [-0.4, -0.2) is 44.3 Å². The lowest BCUT2D eigenvalue weighted by atomic mass is 9.81. The Morgan fingerprint density at radius 1 is 1.33 bits per heavy atom. The van der Waals surface area contributed by atoms with Gasteiger partial charge < -0.3 is 5.32 Å². The molecule has 0 amide bonds. The number of nitrogens with one attached hydrogen (secondary N) is 1. The van der Waals surface area contributed by atoms with Gasteiger partial charge in [0.05, 0.1) is 6.54 Å². The van der Waals surface area contributed by atoms with Crippen molar-refractivity contribution >= 4 is 0 Å². The van der Waals surface area contributed by atoms with Gasteiger partial charge in [0.15, 0.2) is 0 Å². The second kappa shape index (κ2) is 6.44. The first kappa shape index (κ1) is 15.0. The van der Waals surface area contributed by atoms with Gasteiger partial charge >= 0.3 is 0 Å². The van der Waals surface area contributed by atoms with Gasteiger partial charge in [0.2, 0.25) is 0 Å². The van der Waals surface area contributed by atoms with Gasteiger partial charge in [0.25, 0.3) is 0 Å². The smallest absolute Gasteiger partial charge is 0.141 e. The average Bonchev–Trinajstić information content (AvgIpc) is 2.89. The molecule has 1 saturated heterocycles. The Hall–Kier alpha value is -0.940. The highest BCUT2D eigenvalue weighted by atomic mass is 15.4. The number of nitrogens with zero attached hydrogens (tertiary/aromatic N) is 4. The van der Waals surface area contributed by atoms with Gasteiger partial charge in [-0.25, -0.2) is 9.67 Å². The minimum absolute atomic E-state index is 0.347. The van der Waals surface area contributed by atoms with Crippen LogP contribution in [0.15, 0.2) is 6.33 Å². The minimum Gasteiger partial charge on any atom is -0.310 e. The third-order valence-corrected chi connectivity index (χ3v) is 5.34. The molecule has 1 aromatic heterocycles. The summed E-state index contributed by atoms with van der Waals surface area (Å²) >= 11 is 0. The molecule has 118 valence electrons. The minimum atomic E-state index is 0.347. The molecule has 5 nitrogen and oxygen atoms in total. The lowest BCUT2D eigenvalue weighted by Gasteiger charge is -2.40. The maximum Gasteiger partial charge on any atom is 0.141 e. The van der Waals surface area contributed by atoms with E-state index in [0.717, 1.165) is 32.0 Å². The Morgan fingerprint density at radius 2 is 2.14 bits per heavy atom. The van der Waals surface area contributed by atoms with Crippen molar-refractivity contribution in [2.75, 3.05) is 13.1 Å². The summed E-state index contributed by atoms with van der Waals surface area (Å²) in [7, 11) is 0. The topological polar surface area (TPSA) is 46.0 Å². The van der Waals surface area contributed by atoms with Crippen LogP contribution in [0.2, 0.25) is 0 Å². The monoisotopic (exact) mass is 291 g/mol. The molecule has 0 radical (unpaired) electrons. The van der Waals surface area contributed by atoms with E-state index in [1.807, 2.05) is 4.68 Å². The predicted molar refractivity (Wildman–Crippen MR) is 84.0 cm³/mol. The Balaban J connectivity index is 1.74. The molecular weight excluding hydrogens is 262 g/mol. The van der Waals surface area contributed by atoms with Gasteiger partial charge in [0.1, 0.15) is 12.2 Å². The summed E-state index contributed by atoms with van der Waals surface area (Å²) in [4.78, 5) is 7.10. The van der Waals surface area contributed by atoms with E-state index in [4.69, 9.17) is 0 Å². The van der Waals surface area contributed by atoms with E-state index >= 15 is 0 Å². The standard InChI is InChI=1S/C16H29N5/c1-3-21-15(17-13-19-21)11-20-12-16(8-5-4-6-9-16)18-10-7-14(20)2/h13-14,18H,3-12H2,1-2H3. The molecule has 2 aliphatic rings. The van der Waals surface area contributed by atoms with Crippen molar-refractivity contribution in [3.8, 4) is 0 Å². The maximum absolute atomic E-state index is 4.47. The summed E-state index contributed by atoms with van der Waals surface area (Å²) < 4.78 is 2.03. The summed E-state index contributed by atoms with van der Waals surface area (Å²) in [5.41, 5.74) is 0.347. The van der Waals surface area contributed by atoms with Crippen LogP contribution in [-0.2, 0) is 13.1 Å². The van der Waals surface area contributed by atoms with Gasteiger partial charge in [-0.1, -0.05) is 19.3 Å². The molecule has 1 N–H and O–H groups in total. The van der Waals surface area contributed by atoms with E-state index in [1.165, 1.54) is 38.5 Å².